The fourth-order valence-electron chi connectivity index (χ4n) is 9.16. The largest absolute Gasteiger partial charge is 0.309 e. The Morgan fingerprint density at radius 2 is 0.629 bits per heavy atom. The number of benzene rings is 9. The summed E-state index contributed by atoms with van der Waals surface area (Å²) in [4.78, 5) is 10.1. The van der Waals surface area contributed by atoms with Crippen LogP contribution in [-0.2, 0) is 0 Å². The van der Waals surface area contributed by atoms with Crippen molar-refractivity contribution in [3.63, 3.8) is 0 Å². The van der Waals surface area contributed by atoms with Gasteiger partial charge in [0.2, 0.25) is 0 Å². The van der Waals surface area contributed by atoms with Crippen molar-refractivity contribution in [3.05, 3.63) is 231 Å². The van der Waals surface area contributed by atoms with E-state index in [2.05, 4.69) is 203 Å². The van der Waals surface area contributed by atoms with Gasteiger partial charge in [-0.1, -0.05) is 176 Å². The predicted octanol–water partition coefficient (Wildman–Crippen LogP) is 15.0. The van der Waals surface area contributed by atoms with Gasteiger partial charge in [0.15, 0.2) is 5.82 Å². The summed E-state index contributed by atoms with van der Waals surface area (Å²) in [5, 5.41) is 4.99. The molecule has 0 N–H and O–H groups in total. The molecule has 0 aliphatic carbocycles. The van der Waals surface area contributed by atoms with Crippen molar-refractivity contribution < 1.29 is 0 Å². The van der Waals surface area contributed by atoms with E-state index in [9.17, 15) is 0 Å². The Balaban J connectivity index is 0.871. The first-order chi connectivity index (χ1) is 30.7. The number of para-hydroxylation sites is 3. The summed E-state index contributed by atoms with van der Waals surface area (Å²) in [5.41, 5.74) is 16.6. The Labute approximate surface area is 359 Å². The normalized spacial score (nSPS) is 11.5. The molecular formula is C58H38N4. The first kappa shape index (κ1) is 35.6. The van der Waals surface area contributed by atoms with E-state index in [1.807, 2.05) is 36.4 Å². The van der Waals surface area contributed by atoms with Crippen molar-refractivity contribution in [1.82, 2.24) is 19.1 Å². The molecule has 0 radical (unpaired) electrons. The Morgan fingerprint density at radius 3 is 1.13 bits per heavy atom. The van der Waals surface area contributed by atoms with Gasteiger partial charge in [-0.05, 0) is 76.9 Å². The maximum Gasteiger partial charge on any atom is 0.160 e. The van der Waals surface area contributed by atoms with E-state index in [4.69, 9.17) is 9.97 Å². The quantitative estimate of drug-likeness (QED) is 0.161. The summed E-state index contributed by atoms with van der Waals surface area (Å²) in [6.07, 6.45) is 0. The van der Waals surface area contributed by atoms with Crippen molar-refractivity contribution in [3.8, 4) is 67.5 Å². The van der Waals surface area contributed by atoms with Crippen LogP contribution in [0, 0.1) is 0 Å². The lowest BCUT2D eigenvalue weighted by Gasteiger charge is -2.13. The van der Waals surface area contributed by atoms with E-state index in [0.29, 0.717) is 5.82 Å². The molecule has 12 rings (SSSR count). The third-order valence-corrected chi connectivity index (χ3v) is 12.2. The molecule has 0 fully saturated rings. The Kier molecular flexibility index (Phi) is 8.46. The topological polar surface area (TPSA) is 35.6 Å². The number of hydrogen-bond donors (Lipinski definition) is 0. The molecule has 0 unspecified atom stereocenters. The highest BCUT2D eigenvalue weighted by Gasteiger charge is 2.17. The zero-order chi connectivity index (χ0) is 41.0. The zero-order valence-corrected chi connectivity index (χ0v) is 33.7. The molecule has 0 bridgehead atoms. The van der Waals surface area contributed by atoms with Crippen molar-refractivity contribution >= 4 is 43.6 Å². The molecule has 0 atom stereocenters. The molecule has 62 heavy (non-hydrogen) atoms. The summed E-state index contributed by atoms with van der Waals surface area (Å²) in [6.45, 7) is 0. The lowest BCUT2D eigenvalue weighted by Crippen LogP contribution is -1.98. The average Bonchev–Trinajstić information content (AvgIpc) is 3.87. The molecule has 4 heteroatoms. The van der Waals surface area contributed by atoms with E-state index in [-0.39, 0.29) is 0 Å². The molecule has 0 aliphatic heterocycles. The van der Waals surface area contributed by atoms with Gasteiger partial charge in [-0.25, -0.2) is 9.97 Å². The van der Waals surface area contributed by atoms with Crippen LogP contribution in [0.25, 0.3) is 111 Å². The molecule has 3 aromatic heterocycles. The van der Waals surface area contributed by atoms with Gasteiger partial charge in [-0.15, -0.1) is 0 Å². The van der Waals surface area contributed by atoms with Gasteiger partial charge in [0.1, 0.15) is 0 Å². The predicted molar refractivity (Wildman–Crippen MR) is 258 cm³/mol. The maximum atomic E-state index is 5.03. The van der Waals surface area contributed by atoms with Gasteiger partial charge >= 0.3 is 0 Å². The smallest absolute Gasteiger partial charge is 0.160 e. The highest BCUT2D eigenvalue weighted by Crippen LogP contribution is 2.38. The van der Waals surface area contributed by atoms with Crippen LogP contribution in [0.1, 0.15) is 0 Å². The number of fused-ring (bicyclic) bond motifs is 6. The Bertz CT molecular complexity index is 3490. The Hall–Kier alpha value is -8.34. The third kappa shape index (κ3) is 6.08. The van der Waals surface area contributed by atoms with Gasteiger partial charge in [0, 0.05) is 49.6 Å². The number of rotatable bonds is 7. The van der Waals surface area contributed by atoms with E-state index in [1.165, 1.54) is 54.7 Å². The summed E-state index contributed by atoms with van der Waals surface area (Å²) in [7, 11) is 0. The van der Waals surface area contributed by atoms with E-state index >= 15 is 0 Å². The van der Waals surface area contributed by atoms with Crippen molar-refractivity contribution in [2.45, 2.75) is 0 Å². The van der Waals surface area contributed by atoms with Crippen LogP contribution < -0.4 is 0 Å². The van der Waals surface area contributed by atoms with E-state index in [1.54, 1.807) is 0 Å². The third-order valence-electron chi connectivity index (χ3n) is 12.2. The minimum Gasteiger partial charge on any atom is -0.309 e. The lowest BCUT2D eigenvalue weighted by molar-refractivity contribution is 1.13. The highest BCUT2D eigenvalue weighted by atomic mass is 15.0. The van der Waals surface area contributed by atoms with Gasteiger partial charge in [-0.2, -0.15) is 0 Å². The first-order valence-corrected chi connectivity index (χ1v) is 21.1. The number of hydrogen-bond acceptors (Lipinski definition) is 2. The van der Waals surface area contributed by atoms with E-state index < -0.39 is 0 Å². The molecule has 0 saturated heterocycles. The van der Waals surface area contributed by atoms with Crippen LogP contribution >= 0.6 is 0 Å². The maximum absolute atomic E-state index is 5.03. The molecule has 290 valence electrons. The minimum absolute atomic E-state index is 0.708. The number of nitrogens with zero attached hydrogens (tertiary/aromatic N) is 4. The van der Waals surface area contributed by atoms with Crippen LogP contribution in [-0.4, -0.2) is 19.1 Å². The molecule has 4 nitrogen and oxygen atoms in total. The highest BCUT2D eigenvalue weighted by molar-refractivity contribution is 6.11. The first-order valence-electron chi connectivity index (χ1n) is 21.1. The van der Waals surface area contributed by atoms with E-state index in [0.717, 1.165) is 50.6 Å². The second-order valence-corrected chi connectivity index (χ2v) is 15.8. The van der Waals surface area contributed by atoms with Gasteiger partial charge in [-0.3, -0.25) is 0 Å². The zero-order valence-electron chi connectivity index (χ0n) is 33.7. The van der Waals surface area contributed by atoms with Crippen LogP contribution in [0.15, 0.2) is 231 Å². The summed E-state index contributed by atoms with van der Waals surface area (Å²) < 4.78 is 4.79. The molecular weight excluding hydrogens is 753 g/mol. The van der Waals surface area contributed by atoms with Crippen molar-refractivity contribution in [2.24, 2.45) is 0 Å². The van der Waals surface area contributed by atoms with Gasteiger partial charge in [0.05, 0.1) is 33.5 Å². The molecule has 3 heterocycles. The number of aromatic nitrogens is 4. The summed E-state index contributed by atoms with van der Waals surface area (Å²) >= 11 is 0. The average molecular weight is 791 g/mol. The van der Waals surface area contributed by atoms with Crippen LogP contribution in [0.2, 0.25) is 0 Å². The van der Waals surface area contributed by atoms with Crippen molar-refractivity contribution in [1.29, 1.82) is 0 Å². The molecule has 0 amide bonds. The van der Waals surface area contributed by atoms with Crippen LogP contribution in [0.4, 0.5) is 0 Å². The second-order valence-electron chi connectivity index (χ2n) is 15.8. The summed E-state index contributed by atoms with van der Waals surface area (Å²) in [6, 6.07) is 82.2. The van der Waals surface area contributed by atoms with Gasteiger partial charge < -0.3 is 9.13 Å². The SMILES string of the molecule is c1ccc(-c2cc(-c3ccccc3)nc(-c3ccc(-c4ccc(-c5ccc6c(c5)c5ccccc5n6-c5cccc(-n6c7ccccc7c7ccccc76)c5)cc4)cc3)n2)cc1. The molecule has 0 aliphatic rings. The van der Waals surface area contributed by atoms with Gasteiger partial charge in [0.25, 0.3) is 0 Å². The molecule has 12 aromatic rings. The van der Waals surface area contributed by atoms with Crippen LogP contribution in [0.3, 0.4) is 0 Å². The van der Waals surface area contributed by atoms with Crippen molar-refractivity contribution in [2.75, 3.05) is 0 Å². The van der Waals surface area contributed by atoms with Crippen LogP contribution in [0.5, 0.6) is 0 Å². The lowest BCUT2D eigenvalue weighted by atomic mass is 9.98. The monoisotopic (exact) mass is 790 g/mol. The second kappa shape index (κ2) is 14.7. The molecule has 0 saturated carbocycles. The Morgan fingerprint density at radius 1 is 0.242 bits per heavy atom. The fourth-order valence-corrected chi connectivity index (χ4v) is 9.16. The fraction of sp³-hybridized carbons (Fsp3) is 0. The molecule has 0 spiro atoms. The minimum atomic E-state index is 0.708. The summed E-state index contributed by atoms with van der Waals surface area (Å²) in [5.74, 6) is 0.708. The molecule has 9 aromatic carbocycles. The standard InChI is InChI=1S/C58H38N4/c1-3-14-42(15-4-1)52-38-53(43-16-5-2-6-17-43)60-58(59-52)44-32-30-40(31-33-44)39-26-28-41(29-27-39)45-34-35-57-51(36-45)50-22-9-12-25-56(50)62(57)47-19-13-18-46(37-47)61-54-23-10-7-20-48(54)49-21-8-11-24-55(49)61/h1-38H.